The van der Waals surface area contributed by atoms with E-state index in [9.17, 15) is 9.00 Å². The maximum absolute atomic E-state index is 11.1. The summed E-state index contributed by atoms with van der Waals surface area (Å²) in [5.41, 5.74) is 0. The normalized spacial score (nSPS) is 29.5. The number of amides is 1. The quantitative estimate of drug-likeness (QED) is 0.481. The Hall–Kier alpha value is -0.820. The Kier molecular flexibility index (Phi) is 2.88. The van der Waals surface area contributed by atoms with Crippen molar-refractivity contribution >= 4 is 16.7 Å². The summed E-state index contributed by atoms with van der Waals surface area (Å²) in [5.74, 6) is 2.88. The van der Waals surface area contributed by atoms with Crippen molar-refractivity contribution in [2.24, 2.45) is 0 Å². The fraction of sp³-hybridized carbons (Fsp3) is 0.625. The van der Waals surface area contributed by atoms with E-state index in [0.717, 1.165) is 0 Å². The molecule has 4 heteroatoms. The second kappa shape index (κ2) is 3.72. The van der Waals surface area contributed by atoms with Gasteiger partial charge in [0.15, 0.2) is 0 Å². The lowest BCUT2D eigenvalue weighted by atomic mass is 10.3. The molecule has 0 aliphatic carbocycles. The smallest absolute Gasteiger partial charge is 0.298 e. The van der Waals surface area contributed by atoms with Gasteiger partial charge >= 0.3 is 0 Å². The lowest BCUT2D eigenvalue weighted by Gasteiger charge is -2.31. The average Bonchev–Trinajstić information content (AvgIpc) is 2.03. The third-order valence-electron chi connectivity index (χ3n) is 1.90. The van der Waals surface area contributed by atoms with Crippen molar-refractivity contribution in [1.29, 1.82) is 0 Å². The molecule has 0 saturated carbocycles. The molecule has 1 heterocycles. The Bertz CT molecular complexity index is 256. The second-order valence-electron chi connectivity index (χ2n) is 2.80. The van der Waals surface area contributed by atoms with Gasteiger partial charge in [0.25, 0.3) is 5.91 Å². The first-order valence-corrected chi connectivity index (χ1v) is 5.26. The van der Waals surface area contributed by atoms with Crippen LogP contribution in [0.5, 0.6) is 0 Å². The lowest BCUT2D eigenvalue weighted by molar-refractivity contribution is -0.126. The van der Waals surface area contributed by atoms with Gasteiger partial charge in [0.2, 0.25) is 0 Å². The summed E-state index contributed by atoms with van der Waals surface area (Å²) in [6, 6.07) is 0.0168. The van der Waals surface area contributed by atoms with Crippen LogP contribution in [0.4, 0.5) is 0 Å². The molecule has 0 aromatic carbocycles. The molecule has 66 valence electrons. The predicted molar refractivity (Wildman–Crippen MR) is 47.9 cm³/mol. The van der Waals surface area contributed by atoms with Crippen LogP contribution in [-0.2, 0) is 15.6 Å². The van der Waals surface area contributed by atoms with Gasteiger partial charge in [-0.25, -0.2) is 0 Å². The maximum atomic E-state index is 11.1. The van der Waals surface area contributed by atoms with E-state index < -0.39 is 10.8 Å². The van der Waals surface area contributed by atoms with Crippen LogP contribution in [0.2, 0.25) is 0 Å². The highest BCUT2D eigenvalue weighted by molar-refractivity contribution is 7.85. The number of carbonyl (C=O) groups is 1. The summed E-state index contributed by atoms with van der Waals surface area (Å²) in [5, 5.41) is 0. The van der Waals surface area contributed by atoms with Gasteiger partial charge in [-0.3, -0.25) is 9.00 Å². The summed E-state index contributed by atoms with van der Waals surface area (Å²) < 4.78 is 11.1. The molecule has 1 amide bonds. The van der Waals surface area contributed by atoms with Gasteiger partial charge in [-0.05, 0) is 12.8 Å². The largest absolute Gasteiger partial charge is 0.327 e. The molecule has 0 bridgehead atoms. The molecule has 2 atom stereocenters. The molecule has 1 aliphatic heterocycles. The maximum Gasteiger partial charge on any atom is 0.298 e. The monoisotopic (exact) mass is 185 g/mol. The molecule has 0 aromatic rings. The van der Waals surface area contributed by atoms with Crippen LogP contribution >= 0.6 is 0 Å². The number of hydrogen-bond donors (Lipinski definition) is 0. The van der Waals surface area contributed by atoms with Crippen molar-refractivity contribution in [2.45, 2.75) is 13.0 Å². The molecular weight excluding hydrogens is 174 g/mol. The highest BCUT2D eigenvalue weighted by Crippen LogP contribution is 2.07. The summed E-state index contributed by atoms with van der Waals surface area (Å²) >= 11 is 0. The van der Waals surface area contributed by atoms with Crippen LogP contribution < -0.4 is 0 Å². The zero-order chi connectivity index (χ0) is 9.14. The third kappa shape index (κ3) is 1.86. The summed E-state index contributed by atoms with van der Waals surface area (Å²) in [6.45, 7) is 2.39. The molecule has 1 rings (SSSR count). The van der Waals surface area contributed by atoms with E-state index in [1.54, 1.807) is 4.90 Å². The number of nitrogens with zero attached hydrogens (tertiary/aromatic N) is 1. The molecule has 1 saturated heterocycles. The van der Waals surface area contributed by atoms with Crippen LogP contribution in [0.25, 0.3) is 0 Å². The van der Waals surface area contributed by atoms with Gasteiger partial charge in [-0.1, -0.05) is 0 Å². The highest BCUT2D eigenvalue weighted by atomic mass is 32.2. The van der Waals surface area contributed by atoms with Gasteiger partial charge in [-0.2, -0.15) is 0 Å². The van der Waals surface area contributed by atoms with Gasteiger partial charge < -0.3 is 4.90 Å². The summed E-state index contributed by atoms with van der Waals surface area (Å²) in [4.78, 5) is 12.7. The Morgan fingerprint density at radius 2 is 2.42 bits per heavy atom. The Morgan fingerprint density at radius 1 is 1.75 bits per heavy atom. The number of carbonyl (C=O) groups excluding carboxylic acids is 1. The van der Waals surface area contributed by atoms with Crippen molar-refractivity contribution in [3.8, 4) is 12.3 Å². The average molecular weight is 185 g/mol. The van der Waals surface area contributed by atoms with E-state index >= 15 is 0 Å². The molecule has 0 aromatic heterocycles. The zero-order valence-corrected chi connectivity index (χ0v) is 7.76. The first-order valence-electron chi connectivity index (χ1n) is 3.77. The summed E-state index contributed by atoms with van der Waals surface area (Å²) in [7, 11) is -0.772. The fourth-order valence-electron chi connectivity index (χ4n) is 1.25. The number of rotatable bonds is 0. The van der Waals surface area contributed by atoms with E-state index in [0.29, 0.717) is 18.1 Å². The minimum atomic E-state index is -0.772. The van der Waals surface area contributed by atoms with E-state index in [-0.39, 0.29) is 11.9 Å². The molecule has 2 unspecified atom stereocenters. The lowest BCUT2D eigenvalue weighted by Crippen LogP contribution is -2.47. The van der Waals surface area contributed by atoms with E-state index in [2.05, 4.69) is 5.92 Å². The van der Waals surface area contributed by atoms with Crippen LogP contribution in [0.3, 0.4) is 0 Å². The molecule has 1 fully saturated rings. The Labute approximate surface area is 74.6 Å². The van der Waals surface area contributed by atoms with Crippen molar-refractivity contribution in [2.75, 3.05) is 18.1 Å². The van der Waals surface area contributed by atoms with Gasteiger partial charge in [0, 0.05) is 34.9 Å². The molecule has 0 N–H and O–H groups in total. The van der Waals surface area contributed by atoms with E-state index in [1.807, 2.05) is 6.92 Å². The molecule has 1 aliphatic rings. The Balaban J connectivity index is 2.63. The third-order valence-corrected chi connectivity index (χ3v) is 3.40. The first-order chi connectivity index (χ1) is 5.65. The number of hydrogen-bond acceptors (Lipinski definition) is 2. The SMILES string of the molecule is C#CC(=O)N1CCS(=O)CC1C. The second-order valence-corrected chi connectivity index (χ2v) is 4.42. The predicted octanol–water partition coefficient (Wildman–Crippen LogP) is -0.401. The molecule has 12 heavy (non-hydrogen) atoms. The minimum Gasteiger partial charge on any atom is -0.327 e. The van der Waals surface area contributed by atoms with Crippen molar-refractivity contribution in [1.82, 2.24) is 4.90 Å². The fourth-order valence-corrected chi connectivity index (χ4v) is 2.53. The topological polar surface area (TPSA) is 37.4 Å². The number of terminal acetylenes is 1. The molecule has 3 nitrogen and oxygen atoms in total. The highest BCUT2D eigenvalue weighted by Gasteiger charge is 2.25. The first kappa shape index (κ1) is 9.27. The van der Waals surface area contributed by atoms with Crippen molar-refractivity contribution in [3.05, 3.63) is 0 Å². The van der Waals surface area contributed by atoms with Crippen molar-refractivity contribution < 1.29 is 9.00 Å². The van der Waals surface area contributed by atoms with Gasteiger partial charge in [0.05, 0.1) is 0 Å². The van der Waals surface area contributed by atoms with Crippen LogP contribution in [-0.4, -0.2) is 39.1 Å². The molecule has 0 radical (unpaired) electrons. The Morgan fingerprint density at radius 3 is 2.92 bits per heavy atom. The van der Waals surface area contributed by atoms with Crippen molar-refractivity contribution in [3.63, 3.8) is 0 Å². The van der Waals surface area contributed by atoms with Gasteiger partial charge in [-0.15, -0.1) is 6.42 Å². The van der Waals surface area contributed by atoms with E-state index in [4.69, 9.17) is 6.42 Å². The summed E-state index contributed by atoms with van der Waals surface area (Å²) in [6.07, 6.45) is 4.98. The molecular formula is C8H11NO2S. The molecule has 0 spiro atoms. The zero-order valence-electron chi connectivity index (χ0n) is 6.95. The van der Waals surface area contributed by atoms with Gasteiger partial charge in [0.1, 0.15) is 0 Å². The van der Waals surface area contributed by atoms with E-state index in [1.165, 1.54) is 0 Å². The van der Waals surface area contributed by atoms with Crippen LogP contribution in [0.15, 0.2) is 0 Å². The van der Waals surface area contributed by atoms with Crippen LogP contribution in [0.1, 0.15) is 6.92 Å². The minimum absolute atomic E-state index is 0.0168. The standard InChI is InChI=1S/C8H11NO2S/c1-3-8(10)9-4-5-12(11)6-7(9)2/h1,7H,4-6H2,2H3. The van der Waals surface area contributed by atoms with Crippen LogP contribution in [0, 0.1) is 12.3 Å².